The molecule has 0 saturated heterocycles. The highest BCUT2D eigenvalue weighted by molar-refractivity contribution is 7.80. The topological polar surface area (TPSA) is 96.5 Å². The highest BCUT2D eigenvalue weighted by Gasteiger charge is 2.12. The van der Waals surface area contributed by atoms with Crippen LogP contribution in [0.5, 0.6) is 0 Å². The van der Waals surface area contributed by atoms with Crippen molar-refractivity contribution in [2.75, 3.05) is 17.7 Å². The van der Waals surface area contributed by atoms with Crippen LogP contribution in [-0.4, -0.2) is 30.0 Å². The van der Waals surface area contributed by atoms with Crippen LogP contribution in [0.3, 0.4) is 0 Å². The zero-order valence-corrected chi connectivity index (χ0v) is 15.0. The van der Waals surface area contributed by atoms with Gasteiger partial charge in [0.05, 0.1) is 12.7 Å². The van der Waals surface area contributed by atoms with Gasteiger partial charge in [0.25, 0.3) is 5.91 Å². The lowest BCUT2D eigenvalue weighted by Crippen LogP contribution is -2.34. The average molecular weight is 371 g/mol. The summed E-state index contributed by atoms with van der Waals surface area (Å²) in [6, 6.07) is 12.9. The van der Waals surface area contributed by atoms with Gasteiger partial charge in [0, 0.05) is 23.9 Å². The summed E-state index contributed by atoms with van der Waals surface area (Å²) in [5.41, 5.74) is 1.84. The molecule has 7 nitrogen and oxygen atoms in total. The third-order valence-corrected chi connectivity index (χ3v) is 3.44. The molecule has 0 aliphatic heterocycles. The molecular weight excluding hydrogens is 354 g/mol. The van der Waals surface area contributed by atoms with E-state index in [-0.39, 0.29) is 22.1 Å². The Morgan fingerprint density at radius 2 is 1.50 bits per heavy atom. The fraction of sp³-hybridized carbons (Fsp3) is 0.111. The minimum Gasteiger partial charge on any atom is -0.465 e. The van der Waals surface area contributed by atoms with Crippen molar-refractivity contribution in [3.05, 3.63) is 59.7 Å². The Hall–Kier alpha value is -3.26. The largest absolute Gasteiger partial charge is 0.465 e. The van der Waals surface area contributed by atoms with Gasteiger partial charge in [-0.25, -0.2) is 4.79 Å². The van der Waals surface area contributed by atoms with Gasteiger partial charge in [0.15, 0.2) is 5.11 Å². The maximum atomic E-state index is 12.2. The van der Waals surface area contributed by atoms with Crippen LogP contribution in [0.2, 0.25) is 0 Å². The van der Waals surface area contributed by atoms with E-state index in [0.717, 1.165) is 0 Å². The number of carbonyl (C=O) groups is 3. The molecule has 134 valence electrons. The van der Waals surface area contributed by atoms with Gasteiger partial charge in [-0.1, -0.05) is 6.07 Å². The summed E-state index contributed by atoms with van der Waals surface area (Å²) in [7, 11) is 1.27. The highest BCUT2D eigenvalue weighted by atomic mass is 32.1. The van der Waals surface area contributed by atoms with E-state index in [1.54, 1.807) is 42.5 Å². The molecule has 0 spiro atoms. The fourth-order valence-corrected chi connectivity index (χ4v) is 2.29. The van der Waals surface area contributed by atoms with E-state index >= 15 is 0 Å². The first-order valence-electron chi connectivity index (χ1n) is 7.57. The predicted octanol–water partition coefficient (Wildman–Crippen LogP) is 2.56. The first-order valence-corrected chi connectivity index (χ1v) is 7.98. The summed E-state index contributed by atoms with van der Waals surface area (Å²) in [6.45, 7) is 1.42. The molecule has 26 heavy (non-hydrogen) atoms. The van der Waals surface area contributed by atoms with Crippen molar-refractivity contribution in [3.8, 4) is 0 Å². The molecule has 0 bridgehead atoms. The van der Waals surface area contributed by atoms with Crippen molar-refractivity contribution < 1.29 is 19.1 Å². The molecule has 2 amide bonds. The summed E-state index contributed by atoms with van der Waals surface area (Å²) >= 11 is 5.12. The minimum atomic E-state index is -0.528. The van der Waals surface area contributed by atoms with Gasteiger partial charge in [-0.3, -0.25) is 14.9 Å². The standard InChI is InChI=1S/C18H17N3O4S/c1-11(22)19-14-6-8-15(9-7-14)20-18(26)21-16(23)12-4-3-5-13(10-12)17(24)25-2/h3-10H,1-2H3,(H,19,22)(H2,20,21,23,26). The predicted molar refractivity (Wildman–Crippen MR) is 102 cm³/mol. The fourth-order valence-electron chi connectivity index (χ4n) is 2.08. The lowest BCUT2D eigenvalue weighted by atomic mass is 10.1. The van der Waals surface area contributed by atoms with E-state index in [0.29, 0.717) is 11.4 Å². The number of methoxy groups -OCH3 is 1. The zero-order valence-electron chi connectivity index (χ0n) is 14.2. The van der Waals surface area contributed by atoms with Gasteiger partial charge < -0.3 is 15.4 Å². The van der Waals surface area contributed by atoms with Crippen LogP contribution in [0, 0.1) is 0 Å². The van der Waals surface area contributed by atoms with Crippen molar-refractivity contribution in [1.82, 2.24) is 5.32 Å². The number of hydrogen-bond donors (Lipinski definition) is 3. The Bertz CT molecular complexity index is 850. The van der Waals surface area contributed by atoms with Gasteiger partial charge >= 0.3 is 5.97 Å². The number of ether oxygens (including phenoxy) is 1. The summed E-state index contributed by atoms with van der Waals surface area (Å²) in [4.78, 5) is 34.8. The monoisotopic (exact) mass is 371 g/mol. The molecule has 0 unspecified atom stereocenters. The number of amides is 2. The van der Waals surface area contributed by atoms with Gasteiger partial charge in [-0.15, -0.1) is 0 Å². The lowest BCUT2D eigenvalue weighted by Gasteiger charge is -2.11. The quantitative estimate of drug-likeness (QED) is 0.565. The van der Waals surface area contributed by atoms with Crippen molar-refractivity contribution in [3.63, 3.8) is 0 Å². The third-order valence-electron chi connectivity index (χ3n) is 3.24. The Morgan fingerprint density at radius 1 is 0.923 bits per heavy atom. The molecule has 2 aromatic rings. The van der Waals surface area contributed by atoms with E-state index in [2.05, 4.69) is 20.7 Å². The SMILES string of the molecule is COC(=O)c1cccc(C(=O)NC(=S)Nc2ccc(NC(C)=O)cc2)c1. The molecule has 0 fully saturated rings. The van der Waals surface area contributed by atoms with E-state index < -0.39 is 11.9 Å². The first-order chi connectivity index (χ1) is 12.4. The number of rotatable bonds is 4. The van der Waals surface area contributed by atoms with Crippen molar-refractivity contribution >= 4 is 46.5 Å². The number of anilines is 2. The number of hydrogen-bond acceptors (Lipinski definition) is 5. The van der Waals surface area contributed by atoms with E-state index in [4.69, 9.17) is 12.2 Å². The average Bonchev–Trinajstić information content (AvgIpc) is 2.62. The molecule has 3 N–H and O–H groups in total. The Kier molecular flexibility index (Phi) is 6.40. The maximum Gasteiger partial charge on any atom is 0.337 e. The summed E-state index contributed by atoms with van der Waals surface area (Å²) < 4.78 is 4.63. The van der Waals surface area contributed by atoms with Crippen LogP contribution in [0.1, 0.15) is 27.6 Å². The Morgan fingerprint density at radius 3 is 2.08 bits per heavy atom. The molecule has 0 aliphatic rings. The van der Waals surface area contributed by atoms with E-state index in [1.807, 2.05) is 0 Å². The molecule has 0 saturated carbocycles. The summed E-state index contributed by atoms with van der Waals surface area (Å²) in [5, 5.41) is 8.16. The number of esters is 1. The molecule has 8 heteroatoms. The van der Waals surface area contributed by atoms with Crippen LogP contribution in [-0.2, 0) is 9.53 Å². The normalized spacial score (nSPS) is 9.77. The number of nitrogens with one attached hydrogen (secondary N) is 3. The van der Waals surface area contributed by atoms with Crippen LogP contribution in [0.15, 0.2) is 48.5 Å². The molecule has 0 aromatic heterocycles. The third kappa shape index (κ3) is 5.38. The van der Waals surface area contributed by atoms with Crippen LogP contribution in [0.25, 0.3) is 0 Å². The number of thiocarbonyl (C=S) groups is 1. The van der Waals surface area contributed by atoms with Crippen LogP contribution in [0.4, 0.5) is 11.4 Å². The van der Waals surface area contributed by atoms with Crippen molar-refractivity contribution in [2.24, 2.45) is 0 Å². The second-order valence-corrected chi connectivity index (χ2v) is 5.65. The minimum absolute atomic E-state index is 0.103. The zero-order chi connectivity index (χ0) is 19.1. The molecule has 0 heterocycles. The number of benzene rings is 2. The summed E-state index contributed by atoms with van der Waals surface area (Å²) in [6.07, 6.45) is 0. The molecule has 0 atom stereocenters. The molecule has 2 rings (SSSR count). The highest BCUT2D eigenvalue weighted by Crippen LogP contribution is 2.13. The molecular formula is C18H17N3O4S. The number of carbonyl (C=O) groups excluding carboxylic acids is 3. The van der Waals surface area contributed by atoms with E-state index in [9.17, 15) is 14.4 Å². The molecule has 2 aromatic carbocycles. The Balaban J connectivity index is 1.98. The summed E-state index contributed by atoms with van der Waals surface area (Å²) in [5.74, 6) is -1.15. The Labute approximate surface area is 155 Å². The van der Waals surface area contributed by atoms with Gasteiger partial charge in [0.2, 0.25) is 5.91 Å². The molecule has 0 radical (unpaired) electrons. The van der Waals surface area contributed by atoms with Crippen molar-refractivity contribution in [2.45, 2.75) is 6.92 Å². The van der Waals surface area contributed by atoms with E-state index in [1.165, 1.54) is 20.1 Å². The smallest absolute Gasteiger partial charge is 0.337 e. The second kappa shape index (κ2) is 8.72. The van der Waals surface area contributed by atoms with Crippen LogP contribution < -0.4 is 16.0 Å². The van der Waals surface area contributed by atoms with Crippen molar-refractivity contribution in [1.29, 1.82) is 0 Å². The second-order valence-electron chi connectivity index (χ2n) is 5.24. The van der Waals surface area contributed by atoms with Gasteiger partial charge in [-0.05, 0) is 54.7 Å². The maximum absolute atomic E-state index is 12.2. The van der Waals surface area contributed by atoms with Gasteiger partial charge in [0.1, 0.15) is 0 Å². The van der Waals surface area contributed by atoms with Gasteiger partial charge in [-0.2, -0.15) is 0 Å². The first kappa shape index (κ1) is 19.1. The lowest BCUT2D eigenvalue weighted by molar-refractivity contribution is -0.114. The molecule has 0 aliphatic carbocycles. The van der Waals surface area contributed by atoms with Crippen LogP contribution >= 0.6 is 12.2 Å².